The third-order valence-corrected chi connectivity index (χ3v) is 3.79. The van der Waals surface area contributed by atoms with Crippen LogP contribution in [0.1, 0.15) is 30.6 Å². The van der Waals surface area contributed by atoms with Gasteiger partial charge in [0.15, 0.2) is 0 Å². The minimum absolute atomic E-state index is 0.0706. The molecule has 19 heavy (non-hydrogen) atoms. The van der Waals surface area contributed by atoms with E-state index in [0.717, 1.165) is 31.0 Å². The highest BCUT2D eigenvalue weighted by Gasteiger charge is 2.16. The standard InChI is InChI=1S/C15H22ClN3/c1-5-18(4)9-10-19-14-11(2)7-6-8-13(14)17-15(19)12(3)16/h6-8,12H,5,9-10H2,1-4H3. The van der Waals surface area contributed by atoms with Crippen LogP contribution in [0.15, 0.2) is 18.2 Å². The van der Waals surface area contributed by atoms with Gasteiger partial charge < -0.3 is 9.47 Å². The first-order chi connectivity index (χ1) is 9.04. The summed E-state index contributed by atoms with van der Waals surface area (Å²) >= 11 is 6.28. The van der Waals surface area contributed by atoms with Gasteiger partial charge in [-0.05, 0) is 39.1 Å². The molecule has 0 saturated heterocycles. The first-order valence-corrected chi connectivity index (χ1v) is 7.26. The van der Waals surface area contributed by atoms with E-state index in [0.29, 0.717) is 0 Å². The second-order valence-electron chi connectivity index (χ2n) is 5.08. The summed E-state index contributed by atoms with van der Waals surface area (Å²) in [6.45, 7) is 9.27. The molecule has 0 amide bonds. The Morgan fingerprint density at radius 1 is 1.42 bits per heavy atom. The molecule has 0 aliphatic heterocycles. The molecule has 1 atom stereocenters. The van der Waals surface area contributed by atoms with E-state index in [1.807, 2.05) is 6.92 Å². The van der Waals surface area contributed by atoms with Crippen molar-refractivity contribution < 1.29 is 0 Å². The van der Waals surface area contributed by atoms with Crippen molar-refractivity contribution in [3.05, 3.63) is 29.6 Å². The maximum absolute atomic E-state index is 6.28. The Balaban J connectivity index is 2.45. The molecule has 4 heteroatoms. The fraction of sp³-hybridized carbons (Fsp3) is 0.533. The number of alkyl halides is 1. The summed E-state index contributed by atoms with van der Waals surface area (Å²) in [7, 11) is 2.13. The molecular formula is C15H22ClN3. The van der Waals surface area contributed by atoms with Crippen molar-refractivity contribution in [2.75, 3.05) is 20.1 Å². The zero-order chi connectivity index (χ0) is 14.0. The molecule has 0 aliphatic rings. The quantitative estimate of drug-likeness (QED) is 0.780. The van der Waals surface area contributed by atoms with Crippen LogP contribution in [-0.4, -0.2) is 34.6 Å². The summed E-state index contributed by atoms with van der Waals surface area (Å²) in [6, 6.07) is 6.24. The molecule has 3 nitrogen and oxygen atoms in total. The van der Waals surface area contributed by atoms with Gasteiger partial charge in [0, 0.05) is 13.1 Å². The summed E-state index contributed by atoms with van der Waals surface area (Å²) < 4.78 is 2.27. The summed E-state index contributed by atoms with van der Waals surface area (Å²) in [5, 5.41) is -0.0706. The number of para-hydroxylation sites is 1. The van der Waals surface area contributed by atoms with Crippen molar-refractivity contribution in [3.63, 3.8) is 0 Å². The van der Waals surface area contributed by atoms with Gasteiger partial charge in [-0.2, -0.15) is 0 Å². The molecule has 1 aromatic heterocycles. The molecule has 0 fully saturated rings. The third kappa shape index (κ3) is 2.93. The maximum Gasteiger partial charge on any atom is 0.127 e. The Morgan fingerprint density at radius 2 is 2.16 bits per heavy atom. The fourth-order valence-corrected chi connectivity index (χ4v) is 2.51. The average molecular weight is 280 g/mol. The molecule has 0 radical (unpaired) electrons. The van der Waals surface area contributed by atoms with Crippen LogP contribution in [0.5, 0.6) is 0 Å². The monoisotopic (exact) mass is 279 g/mol. The van der Waals surface area contributed by atoms with E-state index >= 15 is 0 Å². The minimum Gasteiger partial charge on any atom is -0.325 e. The first-order valence-electron chi connectivity index (χ1n) is 6.83. The molecule has 0 N–H and O–H groups in total. The van der Waals surface area contributed by atoms with E-state index in [2.05, 4.69) is 53.5 Å². The fourth-order valence-electron chi connectivity index (χ4n) is 2.34. The van der Waals surface area contributed by atoms with Crippen LogP contribution in [0.3, 0.4) is 0 Å². The number of benzene rings is 1. The van der Waals surface area contributed by atoms with Gasteiger partial charge in [-0.1, -0.05) is 19.1 Å². The molecule has 104 valence electrons. The Bertz CT molecular complexity index is 560. The maximum atomic E-state index is 6.28. The SMILES string of the molecule is CCN(C)CCn1c(C(C)Cl)nc2cccc(C)c21. The first kappa shape index (κ1) is 14.4. The van der Waals surface area contributed by atoms with E-state index in [4.69, 9.17) is 11.6 Å². The third-order valence-electron chi connectivity index (χ3n) is 3.60. The summed E-state index contributed by atoms with van der Waals surface area (Å²) in [5.74, 6) is 0.968. The van der Waals surface area contributed by atoms with E-state index in [-0.39, 0.29) is 5.38 Å². The van der Waals surface area contributed by atoms with Crippen molar-refractivity contribution in [1.82, 2.24) is 14.5 Å². The summed E-state index contributed by atoms with van der Waals surface area (Å²) in [6.07, 6.45) is 0. The molecule has 1 unspecified atom stereocenters. The van der Waals surface area contributed by atoms with Crippen LogP contribution >= 0.6 is 11.6 Å². The molecule has 0 bridgehead atoms. The van der Waals surface area contributed by atoms with Crippen molar-refractivity contribution in [1.29, 1.82) is 0 Å². The van der Waals surface area contributed by atoms with Crippen LogP contribution in [0.25, 0.3) is 11.0 Å². The van der Waals surface area contributed by atoms with Gasteiger partial charge in [0.05, 0.1) is 16.4 Å². The summed E-state index contributed by atoms with van der Waals surface area (Å²) in [4.78, 5) is 6.99. The number of hydrogen-bond donors (Lipinski definition) is 0. The van der Waals surface area contributed by atoms with Crippen molar-refractivity contribution >= 4 is 22.6 Å². The lowest BCUT2D eigenvalue weighted by atomic mass is 10.2. The lowest BCUT2D eigenvalue weighted by Gasteiger charge is -2.17. The minimum atomic E-state index is -0.0706. The number of rotatable bonds is 5. The van der Waals surface area contributed by atoms with Crippen LogP contribution in [0.4, 0.5) is 0 Å². The molecule has 2 aromatic rings. The molecular weight excluding hydrogens is 258 g/mol. The van der Waals surface area contributed by atoms with Crippen molar-refractivity contribution in [2.24, 2.45) is 0 Å². The number of hydrogen-bond acceptors (Lipinski definition) is 2. The highest BCUT2D eigenvalue weighted by Crippen LogP contribution is 2.26. The topological polar surface area (TPSA) is 21.1 Å². The highest BCUT2D eigenvalue weighted by molar-refractivity contribution is 6.20. The zero-order valence-electron chi connectivity index (χ0n) is 12.2. The van der Waals surface area contributed by atoms with Gasteiger partial charge in [0.25, 0.3) is 0 Å². The van der Waals surface area contributed by atoms with Crippen LogP contribution in [-0.2, 0) is 6.54 Å². The Hall–Kier alpha value is -1.06. The smallest absolute Gasteiger partial charge is 0.127 e. The lowest BCUT2D eigenvalue weighted by molar-refractivity contribution is 0.335. The largest absolute Gasteiger partial charge is 0.325 e. The predicted octanol–water partition coefficient (Wildman–Crippen LogP) is 3.60. The van der Waals surface area contributed by atoms with Crippen LogP contribution < -0.4 is 0 Å². The van der Waals surface area contributed by atoms with Crippen molar-refractivity contribution in [3.8, 4) is 0 Å². The number of fused-ring (bicyclic) bond motifs is 1. The zero-order valence-corrected chi connectivity index (χ0v) is 12.9. The number of halogens is 1. The van der Waals surface area contributed by atoms with Gasteiger partial charge in [-0.15, -0.1) is 11.6 Å². The van der Waals surface area contributed by atoms with Gasteiger partial charge >= 0.3 is 0 Å². The van der Waals surface area contributed by atoms with E-state index < -0.39 is 0 Å². The second kappa shape index (κ2) is 5.93. The molecule has 2 rings (SSSR count). The van der Waals surface area contributed by atoms with Gasteiger partial charge in [0.1, 0.15) is 5.82 Å². The van der Waals surface area contributed by atoms with E-state index in [1.165, 1.54) is 11.1 Å². The number of aryl methyl sites for hydroxylation is 1. The average Bonchev–Trinajstić information content (AvgIpc) is 2.76. The summed E-state index contributed by atoms with van der Waals surface area (Å²) in [5.41, 5.74) is 3.52. The lowest BCUT2D eigenvalue weighted by Crippen LogP contribution is -2.23. The molecule has 1 aromatic carbocycles. The van der Waals surface area contributed by atoms with Crippen LogP contribution in [0, 0.1) is 6.92 Å². The Morgan fingerprint density at radius 3 is 2.79 bits per heavy atom. The number of likely N-dealkylation sites (N-methyl/N-ethyl adjacent to an activating group) is 1. The van der Waals surface area contributed by atoms with Gasteiger partial charge in [-0.3, -0.25) is 0 Å². The Kier molecular flexibility index (Phi) is 4.48. The van der Waals surface area contributed by atoms with E-state index in [1.54, 1.807) is 0 Å². The predicted molar refractivity (Wildman–Crippen MR) is 81.9 cm³/mol. The number of aromatic nitrogens is 2. The van der Waals surface area contributed by atoms with Crippen LogP contribution in [0.2, 0.25) is 0 Å². The molecule has 0 saturated carbocycles. The molecule has 0 spiro atoms. The second-order valence-corrected chi connectivity index (χ2v) is 5.73. The number of imidazole rings is 1. The van der Waals surface area contributed by atoms with Crippen molar-refractivity contribution in [2.45, 2.75) is 32.7 Å². The number of nitrogens with zero attached hydrogens (tertiary/aromatic N) is 3. The van der Waals surface area contributed by atoms with Gasteiger partial charge in [0.2, 0.25) is 0 Å². The van der Waals surface area contributed by atoms with Gasteiger partial charge in [-0.25, -0.2) is 4.98 Å². The molecule has 1 heterocycles. The normalized spacial score (nSPS) is 13.4. The highest BCUT2D eigenvalue weighted by atomic mass is 35.5. The Labute approximate surface area is 120 Å². The molecule has 0 aliphatic carbocycles. The van der Waals surface area contributed by atoms with E-state index in [9.17, 15) is 0 Å².